The number of ether oxygens (including phenoxy) is 1. The maximum atomic E-state index is 12.6. The number of carboxylic acids is 1. The highest BCUT2D eigenvalue weighted by Crippen LogP contribution is 2.12. The Morgan fingerprint density at radius 2 is 2.00 bits per heavy atom. The van der Waals surface area contributed by atoms with E-state index in [4.69, 9.17) is 9.84 Å². The van der Waals surface area contributed by atoms with Crippen molar-refractivity contribution in [2.45, 2.75) is 25.8 Å². The van der Waals surface area contributed by atoms with Crippen molar-refractivity contribution in [3.63, 3.8) is 0 Å². The zero-order chi connectivity index (χ0) is 18.2. The normalized spacial score (nSPS) is 17.2. The average molecular weight is 348 g/mol. The molecule has 0 aliphatic carbocycles. The van der Waals surface area contributed by atoms with Gasteiger partial charge in [0.15, 0.2) is 0 Å². The van der Waals surface area contributed by atoms with Crippen LogP contribution >= 0.6 is 0 Å². The summed E-state index contributed by atoms with van der Waals surface area (Å²) >= 11 is 0. The molecule has 1 aliphatic heterocycles. The van der Waals surface area contributed by atoms with Gasteiger partial charge in [0.1, 0.15) is 0 Å². The van der Waals surface area contributed by atoms with Gasteiger partial charge in [0, 0.05) is 20.0 Å². The van der Waals surface area contributed by atoms with E-state index in [1.807, 2.05) is 30.3 Å². The number of carboxylic acid groups (broad SMARTS) is 1. The summed E-state index contributed by atoms with van der Waals surface area (Å²) < 4.78 is 5.28. The van der Waals surface area contributed by atoms with Crippen molar-refractivity contribution in [1.82, 2.24) is 9.80 Å². The molecular weight excluding hydrogens is 324 g/mol. The van der Waals surface area contributed by atoms with Gasteiger partial charge in [-0.2, -0.15) is 0 Å². The van der Waals surface area contributed by atoms with Crippen LogP contribution in [0.3, 0.4) is 0 Å². The SMILES string of the molecule is CC(=O)N(CCc1ccccc1)CC(=O)N1CCOCC1CC(=O)O. The van der Waals surface area contributed by atoms with Gasteiger partial charge in [-0.15, -0.1) is 0 Å². The molecule has 0 spiro atoms. The van der Waals surface area contributed by atoms with Gasteiger partial charge in [-0.1, -0.05) is 30.3 Å². The Balaban J connectivity index is 1.96. The number of nitrogens with zero attached hydrogens (tertiary/aromatic N) is 2. The molecular formula is C18H24N2O5. The minimum Gasteiger partial charge on any atom is -0.481 e. The quantitative estimate of drug-likeness (QED) is 0.787. The largest absolute Gasteiger partial charge is 0.481 e. The Bertz CT molecular complexity index is 605. The second-order valence-electron chi connectivity index (χ2n) is 6.09. The van der Waals surface area contributed by atoms with E-state index in [-0.39, 0.29) is 31.4 Å². The Morgan fingerprint density at radius 1 is 1.28 bits per heavy atom. The van der Waals surface area contributed by atoms with E-state index in [9.17, 15) is 14.4 Å². The number of morpholine rings is 1. The molecule has 7 heteroatoms. The Kier molecular flexibility index (Phi) is 6.94. The van der Waals surface area contributed by atoms with Gasteiger partial charge < -0.3 is 19.6 Å². The van der Waals surface area contributed by atoms with E-state index in [2.05, 4.69) is 0 Å². The third-order valence-electron chi connectivity index (χ3n) is 4.24. The molecule has 1 aromatic carbocycles. The van der Waals surface area contributed by atoms with E-state index >= 15 is 0 Å². The van der Waals surface area contributed by atoms with Crippen LogP contribution in [0.2, 0.25) is 0 Å². The van der Waals surface area contributed by atoms with Gasteiger partial charge in [-0.3, -0.25) is 14.4 Å². The number of hydrogen-bond acceptors (Lipinski definition) is 4. The van der Waals surface area contributed by atoms with E-state index in [1.165, 1.54) is 16.7 Å². The van der Waals surface area contributed by atoms with Gasteiger partial charge in [-0.05, 0) is 12.0 Å². The lowest BCUT2D eigenvalue weighted by atomic mass is 10.1. The van der Waals surface area contributed by atoms with Crippen LogP contribution < -0.4 is 0 Å². The molecule has 0 aromatic heterocycles. The van der Waals surface area contributed by atoms with Gasteiger partial charge in [0.25, 0.3) is 0 Å². The monoisotopic (exact) mass is 348 g/mol. The molecule has 7 nitrogen and oxygen atoms in total. The highest BCUT2D eigenvalue weighted by atomic mass is 16.5. The van der Waals surface area contributed by atoms with Crippen LogP contribution in [0.15, 0.2) is 30.3 Å². The summed E-state index contributed by atoms with van der Waals surface area (Å²) in [6.07, 6.45) is 0.505. The van der Waals surface area contributed by atoms with Crippen molar-refractivity contribution >= 4 is 17.8 Å². The molecule has 1 heterocycles. The predicted molar refractivity (Wildman–Crippen MR) is 91.0 cm³/mol. The fourth-order valence-electron chi connectivity index (χ4n) is 2.86. The van der Waals surface area contributed by atoms with Crippen LogP contribution in [0.5, 0.6) is 0 Å². The predicted octanol–water partition coefficient (Wildman–Crippen LogP) is 0.780. The number of carbonyl (C=O) groups excluding carboxylic acids is 2. The molecule has 1 atom stereocenters. The molecule has 0 bridgehead atoms. The molecule has 1 aliphatic rings. The molecule has 1 aromatic rings. The Labute approximate surface area is 147 Å². The highest BCUT2D eigenvalue weighted by molar-refractivity contribution is 5.84. The number of benzene rings is 1. The van der Waals surface area contributed by atoms with Crippen LogP contribution in [-0.4, -0.2) is 71.6 Å². The van der Waals surface area contributed by atoms with Crippen LogP contribution in [-0.2, 0) is 25.5 Å². The molecule has 0 radical (unpaired) electrons. The lowest BCUT2D eigenvalue weighted by Gasteiger charge is -2.36. The summed E-state index contributed by atoms with van der Waals surface area (Å²) in [4.78, 5) is 38.5. The second-order valence-corrected chi connectivity index (χ2v) is 6.09. The van der Waals surface area contributed by atoms with E-state index in [1.54, 1.807) is 0 Å². The summed E-state index contributed by atoms with van der Waals surface area (Å²) in [5.41, 5.74) is 1.09. The molecule has 2 amide bonds. The lowest BCUT2D eigenvalue weighted by Crippen LogP contribution is -2.53. The summed E-state index contributed by atoms with van der Waals surface area (Å²) in [6.45, 7) is 2.78. The van der Waals surface area contributed by atoms with Crippen molar-refractivity contribution in [2.24, 2.45) is 0 Å². The third-order valence-corrected chi connectivity index (χ3v) is 4.24. The minimum absolute atomic E-state index is 0.0434. The number of hydrogen-bond donors (Lipinski definition) is 1. The number of aliphatic carboxylic acids is 1. The van der Waals surface area contributed by atoms with Crippen molar-refractivity contribution in [1.29, 1.82) is 0 Å². The number of rotatable bonds is 7. The molecule has 1 unspecified atom stereocenters. The maximum Gasteiger partial charge on any atom is 0.305 e. The zero-order valence-corrected chi connectivity index (χ0v) is 14.4. The van der Waals surface area contributed by atoms with Crippen LogP contribution in [0.4, 0.5) is 0 Å². The lowest BCUT2D eigenvalue weighted by molar-refractivity contribution is -0.149. The Morgan fingerprint density at radius 3 is 2.64 bits per heavy atom. The topological polar surface area (TPSA) is 87.2 Å². The summed E-state index contributed by atoms with van der Waals surface area (Å²) in [7, 11) is 0. The fourth-order valence-corrected chi connectivity index (χ4v) is 2.86. The summed E-state index contributed by atoms with van der Waals surface area (Å²) in [6, 6.07) is 9.26. The highest BCUT2D eigenvalue weighted by Gasteiger charge is 2.30. The van der Waals surface area contributed by atoms with Gasteiger partial charge >= 0.3 is 5.97 Å². The first-order valence-electron chi connectivity index (χ1n) is 8.36. The molecule has 136 valence electrons. The van der Waals surface area contributed by atoms with Gasteiger partial charge in [-0.25, -0.2) is 0 Å². The van der Waals surface area contributed by atoms with E-state index in [0.29, 0.717) is 26.1 Å². The second kappa shape index (κ2) is 9.17. The summed E-state index contributed by atoms with van der Waals surface area (Å²) in [5, 5.41) is 8.99. The van der Waals surface area contributed by atoms with Crippen LogP contribution in [0, 0.1) is 0 Å². The molecule has 25 heavy (non-hydrogen) atoms. The van der Waals surface area contributed by atoms with Crippen LogP contribution in [0.25, 0.3) is 0 Å². The van der Waals surface area contributed by atoms with E-state index in [0.717, 1.165) is 5.56 Å². The molecule has 2 rings (SSSR count). The van der Waals surface area contributed by atoms with Gasteiger partial charge in [0.2, 0.25) is 11.8 Å². The molecule has 0 saturated carbocycles. The van der Waals surface area contributed by atoms with Crippen LogP contribution in [0.1, 0.15) is 18.9 Å². The van der Waals surface area contributed by atoms with Crippen molar-refractivity contribution in [3.8, 4) is 0 Å². The average Bonchev–Trinajstić information content (AvgIpc) is 2.59. The Hall–Kier alpha value is -2.41. The van der Waals surface area contributed by atoms with Crippen molar-refractivity contribution in [3.05, 3.63) is 35.9 Å². The third kappa shape index (κ3) is 5.86. The zero-order valence-electron chi connectivity index (χ0n) is 14.4. The van der Waals surface area contributed by atoms with E-state index < -0.39 is 12.0 Å². The first-order chi connectivity index (χ1) is 12.0. The number of amides is 2. The fraction of sp³-hybridized carbons (Fsp3) is 0.500. The molecule has 1 fully saturated rings. The van der Waals surface area contributed by atoms with Crippen molar-refractivity contribution in [2.75, 3.05) is 32.8 Å². The first-order valence-corrected chi connectivity index (χ1v) is 8.36. The minimum atomic E-state index is -0.971. The van der Waals surface area contributed by atoms with Crippen molar-refractivity contribution < 1.29 is 24.2 Å². The maximum absolute atomic E-state index is 12.6. The molecule has 1 saturated heterocycles. The molecule has 1 N–H and O–H groups in total. The summed E-state index contributed by atoms with van der Waals surface area (Å²) in [5.74, 6) is -1.38. The van der Waals surface area contributed by atoms with Gasteiger partial charge in [0.05, 0.1) is 32.2 Å². The standard InChI is InChI=1S/C18H24N2O5/c1-14(21)19(8-7-15-5-3-2-4-6-15)12-17(22)20-9-10-25-13-16(20)11-18(23)24/h2-6,16H,7-13H2,1H3,(H,23,24). The number of carbonyl (C=O) groups is 3. The first kappa shape index (κ1) is 18.9. The smallest absolute Gasteiger partial charge is 0.305 e.